The van der Waals surface area contributed by atoms with Gasteiger partial charge < -0.3 is 9.80 Å². The number of carbonyl (C=O) groups is 1. The first-order valence-electron chi connectivity index (χ1n) is 10.6. The van der Waals surface area contributed by atoms with Crippen LogP contribution in [0, 0.1) is 6.92 Å². The van der Waals surface area contributed by atoms with Crippen LogP contribution in [0.15, 0.2) is 70.5 Å². The van der Waals surface area contributed by atoms with Crippen LogP contribution < -0.4 is 10.5 Å². The first-order valence-corrected chi connectivity index (χ1v) is 11.9. The maximum Gasteiger partial charge on any atom is 0.292 e. The third kappa shape index (κ3) is 5.16. The van der Waals surface area contributed by atoms with Crippen LogP contribution >= 0.6 is 23.4 Å². The lowest BCUT2D eigenvalue weighted by molar-refractivity contribution is -0.131. The Balaban J connectivity index is 1.32. The Labute approximate surface area is 196 Å². The van der Waals surface area contributed by atoms with Crippen LogP contribution in [0.5, 0.6) is 0 Å². The van der Waals surface area contributed by atoms with Crippen LogP contribution in [0.3, 0.4) is 0 Å². The van der Waals surface area contributed by atoms with Gasteiger partial charge in [-0.2, -0.15) is 9.78 Å². The number of halogens is 1. The predicted molar refractivity (Wildman–Crippen MR) is 130 cm³/mol. The van der Waals surface area contributed by atoms with Crippen molar-refractivity contribution in [2.24, 2.45) is 0 Å². The van der Waals surface area contributed by atoms with Crippen molar-refractivity contribution in [3.8, 4) is 5.69 Å². The number of hydrogen-bond acceptors (Lipinski definition) is 5. The monoisotopic (exact) mass is 468 g/mol. The summed E-state index contributed by atoms with van der Waals surface area (Å²) in [6, 6.07) is 17.5. The van der Waals surface area contributed by atoms with E-state index in [-0.39, 0.29) is 16.5 Å². The second-order valence-electron chi connectivity index (χ2n) is 7.68. The lowest BCUT2D eigenvalue weighted by Crippen LogP contribution is -2.49. The van der Waals surface area contributed by atoms with Gasteiger partial charge in [-0.25, -0.2) is 0 Å². The van der Waals surface area contributed by atoms with E-state index < -0.39 is 0 Å². The van der Waals surface area contributed by atoms with E-state index in [0.29, 0.717) is 44.0 Å². The highest BCUT2D eigenvalue weighted by atomic mass is 35.5. The maximum absolute atomic E-state index is 12.7. The fourth-order valence-electron chi connectivity index (χ4n) is 3.64. The van der Waals surface area contributed by atoms with Gasteiger partial charge in [-0.05, 0) is 31.2 Å². The average molecular weight is 469 g/mol. The third-order valence-corrected chi connectivity index (χ3v) is 6.85. The molecule has 4 rings (SSSR count). The molecule has 8 heteroatoms. The average Bonchev–Trinajstić information content (AvgIpc) is 2.83. The summed E-state index contributed by atoms with van der Waals surface area (Å²) in [5.74, 6) is 0.920. The second-order valence-corrected chi connectivity index (χ2v) is 9.22. The Hall–Kier alpha value is -2.77. The molecule has 32 heavy (non-hydrogen) atoms. The van der Waals surface area contributed by atoms with Gasteiger partial charge in [-0.15, -0.1) is 11.8 Å². The lowest BCUT2D eigenvalue weighted by Gasteiger charge is -2.36. The highest BCUT2D eigenvalue weighted by molar-refractivity contribution is 7.99. The maximum atomic E-state index is 12.7. The predicted octanol–water partition coefficient (Wildman–Crippen LogP) is 4.03. The zero-order valence-corrected chi connectivity index (χ0v) is 19.5. The zero-order valence-electron chi connectivity index (χ0n) is 17.9. The van der Waals surface area contributed by atoms with E-state index in [1.54, 1.807) is 18.0 Å². The minimum atomic E-state index is -0.345. The van der Waals surface area contributed by atoms with Crippen molar-refractivity contribution in [1.29, 1.82) is 0 Å². The molecule has 1 saturated heterocycles. The molecule has 1 fully saturated rings. The quantitative estimate of drug-likeness (QED) is 0.511. The summed E-state index contributed by atoms with van der Waals surface area (Å²) >= 11 is 8.12. The van der Waals surface area contributed by atoms with Crippen LogP contribution in [-0.4, -0.2) is 52.5 Å². The molecule has 2 aromatic carbocycles. The first-order chi connectivity index (χ1) is 15.5. The van der Waals surface area contributed by atoms with Gasteiger partial charge >= 0.3 is 0 Å². The smallest absolute Gasteiger partial charge is 0.292 e. The van der Waals surface area contributed by atoms with Crippen molar-refractivity contribution < 1.29 is 4.79 Å². The zero-order chi connectivity index (χ0) is 22.5. The molecule has 0 N–H and O–H groups in total. The number of benzene rings is 2. The molecule has 0 saturated carbocycles. The SMILES string of the molecule is Cc1ccc(SCCC(=O)N2CCN(c3cnn(-c4ccccc4)c(=O)c3Cl)CC2)cc1. The van der Waals surface area contributed by atoms with E-state index in [0.717, 1.165) is 5.75 Å². The number of thioether (sulfide) groups is 1. The molecule has 0 atom stereocenters. The minimum Gasteiger partial charge on any atom is -0.365 e. The Morgan fingerprint density at radius 1 is 1.03 bits per heavy atom. The fourth-order valence-corrected chi connectivity index (χ4v) is 4.73. The third-order valence-electron chi connectivity index (χ3n) is 5.48. The van der Waals surface area contributed by atoms with Gasteiger partial charge in [0.2, 0.25) is 5.91 Å². The summed E-state index contributed by atoms with van der Waals surface area (Å²) in [5.41, 5.74) is 2.17. The lowest BCUT2D eigenvalue weighted by atomic mass is 10.2. The Bertz CT molecular complexity index is 1130. The standard InChI is InChI=1S/C24H25ClN4O2S/c1-18-7-9-20(10-8-18)32-16-11-22(30)28-14-12-27(13-15-28)21-17-26-29(24(31)23(21)25)19-5-3-2-4-6-19/h2-10,17H,11-16H2,1H3. The largest absolute Gasteiger partial charge is 0.365 e. The number of anilines is 1. The number of nitrogens with zero attached hydrogens (tertiary/aromatic N) is 4. The summed E-state index contributed by atoms with van der Waals surface area (Å²) in [6.07, 6.45) is 2.14. The molecular weight excluding hydrogens is 444 g/mol. The van der Waals surface area contributed by atoms with Gasteiger partial charge in [0.1, 0.15) is 5.02 Å². The molecule has 3 aromatic rings. The van der Waals surface area contributed by atoms with Crippen molar-refractivity contribution in [2.75, 3.05) is 36.8 Å². The van der Waals surface area contributed by atoms with Gasteiger partial charge in [0, 0.05) is 43.2 Å². The molecule has 1 aliphatic rings. The van der Waals surface area contributed by atoms with Crippen LogP contribution in [0.25, 0.3) is 5.69 Å². The van der Waals surface area contributed by atoms with E-state index in [2.05, 4.69) is 36.3 Å². The number of carbonyl (C=O) groups excluding carboxylic acids is 1. The van der Waals surface area contributed by atoms with E-state index in [4.69, 9.17) is 11.6 Å². The van der Waals surface area contributed by atoms with Crippen molar-refractivity contribution in [1.82, 2.24) is 14.7 Å². The molecule has 0 bridgehead atoms. The number of rotatable bonds is 6. The topological polar surface area (TPSA) is 58.4 Å². The van der Waals surface area contributed by atoms with E-state index in [9.17, 15) is 9.59 Å². The minimum absolute atomic E-state index is 0.151. The van der Waals surface area contributed by atoms with Crippen LogP contribution in [0.2, 0.25) is 5.02 Å². The molecule has 1 aliphatic heterocycles. The molecule has 0 unspecified atom stereocenters. The molecule has 166 valence electrons. The number of aryl methyl sites for hydroxylation is 1. The summed E-state index contributed by atoms with van der Waals surface area (Å²) in [5, 5.41) is 4.46. The van der Waals surface area contributed by atoms with Gasteiger partial charge in [0.05, 0.1) is 17.6 Å². The summed E-state index contributed by atoms with van der Waals surface area (Å²) < 4.78 is 1.30. The molecule has 1 amide bonds. The number of para-hydroxylation sites is 1. The van der Waals surface area contributed by atoms with Crippen molar-refractivity contribution in [2.45, 2.75) is 18.2 Å². The highest BCUT2D eigenvalue weighted by Gasteiger charge is 2.24. The van der Waals surface area contributed by atoms with Gasteiger partial charge in [-0.1, -0.05) is 47.5 Å². The molecule has 0 spiro atoms. The number of amides is 1. The van der Waals surface area contributed by atoms with Crippen molar-refractivity contribution in [3.63, 3.8) is 0 Å². The van der Waals surface area contributed by atoms with E-state index >= 15 is 0 Å². The summed E-state index contributed by atoms with van der Waals surface area (Å²) in [7, 11) is 0. The second kappa shape index (κ2) is 10.2. The van der Waals surface area contributed by atoms with Gasteiger partial charge in [-0.3, -0.25) is 9.59 Å². The normalized spacial score (nSPS) is 13.9. The summed E-state index contributed by atoms with van der Waals surface area (Å²) in [4.78, 5) is 30.4. The molecule has 1 aromatic heterocycles. The van der Waals surface area contributed by atoms with Crippen LogP contribution in [0.4, 0.5) is 5.69 Å². The number of hydrogen-bond donors (Lipinski definition) is 0. The van der Waals surface area contributed by atoms with Crippen molar-refractivity contribution >= 4 is 35.0 Å². The molecule has 2 heterocycles. The number of aromatic nitrogens is 2. The Morgan fingerprint density at radius 3 is 2.41 bits per heavy atom. The van der Waals surface area contributed by atoms with E-state index in [1.807, 2.05) is 40.1 Å². The van der Waals surface area contributed by atoms with Crippen molar-refractivity contribution in [3.05, 3.63) is 81.7 Å². The molecule has 6 nitrogen and oxygen atoms in total. The van der Waals surface area contributed by atoms with Crippen LogP contribution in [-0.2, 0) is 4.79 Å². The van der Waals surface area contributed by atoms with Gasteiger partial charge in [0.15, 0.2) is 0 Å². The van der Waals surface area contributed by atoms with E-state index in [1.165, 1.54) is 15.1 Å². The Kier molecular flexibility index (Phi) is 7.17. The Morgan fingerprint density at radius 2 is 1.72 bits per heavy atom. The summed E-state index contributed by atoms with van der Waals surface area (Å²) in [6.45, 7) is 4.51. The molecule has 0 aliphatic carbocycles. The molecule has 0 radical (unpaired) electrons. The first kappa shape index (κ1) is 22.4. The fraction of sp³-hybridized carbons (Fsp3) is 0.292. The molecular formula is C24H25ClN4O2S. The number of piperazine rings is 1. The van der Waals surface area contributed by atoms with Crippen LogP contribution in [0.1, 0.15) is 12.0 Å². The highest BCUT2D eigenvalue weighted by Crippen LogP contribution is 2.24. The van der Waals surface area contributed by atoms with Gasteiger partial charge in [0.25, 0.3) is 5.56 Å².